The Morgan fingerprint density at radius 3 is 1.62 bits per heavy atom. The fraction of sp³-hybridized carbons (Fsp3) is 0.556. The molecule has 0 radical (unpaired) electrons. The Morgan fingerprint density at radius 2 is 1.56 bits per heavy atom. The minimum absolute atomic E-state index is 0.373. The molecule has 0 unspecified atom stereocenters. The van der Waals surface area contributed by atoms with Crippen molar-refractivity contribution in [2.75, 3.05) is 0 Å². The van der Waals surface area contributed by atoms with Crippen molar-refractivity contribution in [3.8, 4) is 0 Å². The first-order valence-electron chi connectivity index (χ1n) is 4.05. The van der Waals surface area contributed by atoms with E-state index in [0.717, 1.165) is 6.08 Å². The topological polar surface area (TPSA) is 63.6 Å². The average molecular weight is 242 g/mol. The number of carboxylic acid groups (broad SMARTS) is 1. The number of halogens is 3. The molecular weight excluding hydrogens is 229 g/mol. The van der Waals surface area contributed by atoms with Crippen molar-refractivity contribution in [2.45, 2.75) is 32.5 Å². The van der Waals surface area contributed by atoms with Gasteiger partial charge in [0.25, 0.3) is 0 Å². The summed E-state index contributed by atoms with van der Waals surface area (Å²) >= 11 is 0. The normalized spacial score (nSPS) is 10.9. The summed E-state index contributed by atoms with van der Waals surface area (Å²) in [7, 11) is 0. The minimum Gasteiger partial charge on any atom is -0.475 e. The maximum Gasteiger partial charge on any atom is 0.490 e. The minimum atomic E-state index is -5.08. The van der Waals surface area contributed by atoms with Crippen LogP contribution in [0.5, 0.6) is 0 Å². The average Bonchev–Trinajstić information content (AvgIpc) is 2.00. The first-order valence-corrected chi connectivity index (χ1v) is 4.05. The van der Waals surface area contributed by atoms with E-state index in [-0.39, 0.29) is 5.97 Å². The van der Waals surface area contributed by atoms with Crippen molar-refractivity contribution in [1.82, 2.24) is 0 Å². The maximum absolute atomic E-state index is 10.6. The van der Waals surface area contributed by atoms with Crippen LogP contribution in [-0.2, 0) is 14.3 Å². The van der Waals surface area contributed by atoms with E-state index >= 15 is 0 Å². The smallest absolute Gasteiger partial charge is 0.475 e. The summed E-state index contributed by atoms with van der Waals surface area (Å²) in [4.78, 5) is 19.4. The summed E-state index contributed by atoms with van der Waals surface area (Å²) in [6, 6.07) is 0. The Bertz CT molecular complexity index is 263. The van der Waals surface area contributed by atoms with Crippen LogP contribution in [0.3, 0.4) is 0 Å². The van der Waals surface area contributed by atoms with Crippen LogP contribution in [-0.4, -0.2) is 28.8 Å². The number of ether oxygens (including phenoxy) is 1. The maximum atomic E-state index is 10.6. The first-order chi connectivity index (χ1) is 6.90. The number of carbonyl (C=O) groups is 2. The van der Waals surface area contributed by atoms with E-state index in [4.69, 9.17) is 14.6 Å². The first kappa shape index (κ1) is 16.9. The van der Waals surface area contributed by atoms with E-state index in [0.29, 0.717) is 0 Å². The fourth-order valence-corrected chi connectivity index (χ4v) is 0.343. The molecule has 0 aliphatic rings. The van der Waals surface area contributed by atoms with E-state index < -0.39 is 17.7 Å². The molecule has 0 aromatic rings. The zero-order chi connectivity index (χ0) is 13.6. The highest BCUT2D eigenvalue weighted by atomic mass is 19.4. The van der Waals surface area contributed by atoms with Gasteiger partial charge in [-0.05, 0) is 20.8 Å². The number of esters is 1. The third kappa shape index (κ3) is 12.5. The number of alkyl halides is 3. The van der Waals surface area contributed by atoms with Gasteiger partial charge in [0, 0.05) is 6.08 Å². The van der Waals surface area contributed by atoms with E-state index in [9.17, 15) is 18.0 Å². The van der Waals surface area contributed by atoms with Crippen molar-refractivity contribution in [2.24, 2.45) is 0 Å². The van der Waals surface area contributed by atoms with Gasteiger partial charge in [-0.25, -0.2) is 9.59 Å². The van der Waals surface area contributed by atoms with Crippen molar-refractivity contribution >= 4 is 11.9 Å². The molecular formula is C9H13F3O4. The molecule has 94 valence electrons. The molecule has 0 saturated carbocycles. The zero-order valence-electron chi connectivity index (χ0n) is 9.09. The quantitative estimate of drug-likeness (QED) is 0.565. The van der Waals surface area contributed by atoms with Gasteiger partial charge in [-0.1, -0.05) is 6.58 Å². The van der Waals surface area contributed by atoms with Gasteiger partial charge in [0.15, 0.2) is 0 Å². The van der Waals surface area contributed by atoms with Gasteiger partial charge in [0.1, 0.15) is 5.60 Å². The number of rotatable bonds is 1. The number of carboxylic acids is 1. The highest BCUT2D eigenvalue weighted by Crippen LogP contribution is 2.13. The van der Waals surface area contributed by atoms with Gasteiger partial charge in [-0.15, -0.1) is 0 Å². The summed E-state index contributed by atoms with van der Waals surface area (Å²) in [5, 5.41) is 7.12. The lowest BCUT2D eigenvalue weighted by molar-refractivity contribution is -0.192. The van der Waals surface area contributed by atoms with Crippen LogP contribution in [0.2, 0.25) is 0 Å². The molecule has 0 saturated heterocycles. The Morgan fingerprint density at radius 1 is 1.25 bits per heavy atom. The van der Waals surface area contributed by atoms with Crippen molar-refractivity contribution in [1.29, 1.82) is 0 Å². The fourth-order valence-electron chi connectivity index (χ4n) is 0.343. The number of carbonyl (C=O) groups excluding carboxylic acids is 1. The second kappa shape index (κ2) is 6.14. The van der Waals surface area contributed by atoms with Crippen LogP contribution in [0.4, 0.5) is 13.2 Å². The van der Waals surface area contributed by atoms with Gasteiger partial charge >= 0.3 is 18.1 Å². The van der Waals surface area contributed by atoms with Gasteiger partial charge < -0.3 is 9.84 Å². The predicted octanol–water partition coefficient (Wildman–Crippen LogP) is 2.15. The third-order valence-corrected chi connectivity index (χ3v) is 0.816. The number of aliphatic carboxylic acids is 1. The Balaban J connectivity index is 0. The lowest BCUT2D eigenvalue weighted by Gasteiger charge is -2.17. The Labute approximate surface area is 90.7 Å². The van der Waals surface area contributed by atoms with E-state index in [1.165, 1.54) is 0 Å². The van der Waals surface area contributed by atoms with Crippen LogP contribution in [0.15, 0.2) is 12.7 Å². The molecule has 0 aliphatic heterocycles. The molecule has 0 bridgehead atoms. The molecule has 0 heterocycles. The van der Waals surface area contributed by atoms with Crippen molar-refractivity contribution in [3.05, 3.63) is 12.7 Å². The second-order valence-corrected chi connectivity index (χ2v) is 3.54. The SMILES string of the molecule is C=CC(=O)OC(C)(C)C.O=C(O)C(F)(F)F. The molecule has 0 atom stereocenters. The lowest BCUT2D eigenvalue weighted by atomic mass is 10.2. The molecule has 0 aliphatic carbocycles. The molecule has 16 heavy (non-hydrogen) atoms. The zero-order valence-corrected chi connectivity index (χ0v) is 9.09. The molecule has 1 N–H and O–H groups in total. The molecule has 0 rings (SSSR count). The molecule has 7 heteroatoms. The van der Waals surface area contributed by atoms with Crippen LogP contribution in [0.25, 0.3) is 0 Å². The number of hydrogen-bond acceptors (Lipinski definition) is 3. The van der Waals surface area contributed by atoms with Crippen LogP contribution in [0.1, 0.15) is 20.8 Å². The summed E-state index contributed by atoms with van der Waals surface area (Å²) < 4.78 is 36.6. The predicted molar refractivity (Wildman–Crippen MR) is 49.7 cm³/mol. The van der Waals surface area contributed by atoms with Gasteiger partial charge in [-0.2, -0.15) is 13.2 Å². The molecule has 0 spiro atoms. The Hall–Kier alpha value is -1.53. The standard InChI is InChI=1S/C7H12O2.C2HF3O2/c1-5-6(8)9-7(2,3)4;3-2(4,5)1(6)7/h5H,1H2,2-4H3;(H,6,7). The van der Waals surface area contributed by atoms with Crippen LogP contribution >= 0.6 is 0 Å². The molecule has 0 aromatic carbocycles. The highest BCUT2D eigenvalue weighted by molar-refractivity contribution is 5.81. The molecule has 4 nitrogen and oxygen atoms in total. The van der Waals surface area contributed by atoms with Gasteiger partial charge in [-0.3, -0.25) is 0 Å². The van der Waals surface area contributed by atoms with E-state index in [1.54, 1.807) is 0 Å². The van der Waals surface area contributed by atoms with Crippen molar-refractivity contribution < 1.29 is 32.6 Å². The molecule has 0 amide bonds. The molecule has 0 fully saturated rings. The summed E-state index contributed by atoms with van der Waals surface area (Å²) in [5.74, 6) is -3.13. The van der Waals surface area contributed by atoms with Crippen molar-refractivity contribution in [3.63, 3.8) is 0 Å². The van der Waals surface area contributed by atoms with Crippen LogP contribution < -0.4 is 0 Å². The summed E-state index contributed by atoms with van der Waals surface area (Å²) in [5.41, 5.74) is -0.398. The summed E-state index contributed by atoms with van der Waals surface area (Å²) in [6.45, 7) is 8.71. The Kier molecular flexibility index (Phi) is 6.48. The summed E-state index contributed by atoms with van der Waals surface area (Å²) in [6.07, 6.45) is -3.93. The lowest BCUT2D eigenvalue weighted by Crippen LogP contribution is -2.22. The highest BCUT2D eigenvalue weighted by Gasteiger charge is 2.38. The largest absolute Gasteiger partial charge is 0.490 e. The third-order valence-electron chi connectivity index (χ3n) is 0.816. The number of hydrogen-bond donors (Lipinski definition) is 1. The van der Waals surface area contributed by atoms with Gasteiger partial charge in [0.2, 0.25) is 0 Å². The second-order valence-electron chi connectivity index (χ2n) is 3.54. The van der Waals surface area contributed by atoms with Crippen LogP contribution in [0, 0.1) is 0 Å². The monoisotopic (exact) mass is 242 g/mol. The van der Waals surface area contributed by atoms with E-state index in [1.807, 2.05) is 20.8 Å². The molecule has 0 aromatic heterocycles. The van der Waals surface area contributed by atoms with E-state index in [2.05, 4.69) is 6.58 Å². The van der Waals surface area contributed by atoms with Gasteiger partial charge in [0.05, 0.1) is 0 Å².